The standard InChI is InChI=1S/C13H11Cl2N3O2/c1-2-16-13-7-9(18(19)20)6-12(17-13)10-5-8(14)3-4-11(10)15/h3-7H,2H2,1H3,(H,16,17). The van der Waals surface area contributed by atoms with Crippen molar-refractivity contribution in [2.75, 3.05) is 11.9 Å². The highest BCUT2D eigenvalue weighted by atomic mass is 35.5. The Morgan fingerprint density at radius 3 is 2.70 bits per heavy atom. The third kappa shape index (κ3) is 3.18. The fourth-order valence-electron chi connectivity index (χ4n) is 1.72. The van der Waals surface area contributed by atoms with Crippen molar-refractivity contribution in [3.05, 3.63) is 50.5 Å². The molecule has 0 aliphatic heterocycles. The number of hydrogen-bond donors (Lipinski definition) is 1. The minimum Gasteiger partial charge on any atom is -0.370 e. The van der Waals surface area contributed by atoms with Gasteiger partial charge < -0.3 is 5.32 Å². The Labute approximate surface area is 125 Å². The number of rotatable bonds is 4. The summed E-state index contributed by atoms with van der Waals surface area (Å²) in [7, 11) is 0. The van der Waals surface area contributed by atoms with Gasteiger partial charge in [-0.25, -0.2) is 4.98 Å². The number of halogens is 2. The minimum atomic E-state index is -0.468. The molecule has 20 heavy (non-hydrogen) atoms. The van der Waals surface area contributed by atoms with Crippen LogP contribution in [0.5, 0.6) is 0 Å². The average Bonchev–Trinajstić information content (AvgIpc) is 2.41. The van der Waals surface area contributed by atoms with Crippen LogP contribution in [0.3, 0.4) is 0 Å². The number of benzene rings is 1. The molecule has 7 heteroatoms. The van der Waals surface area contributed by atoms with E-state index in [1.165, 1.54) is 12.1 Å². The molecular weight excluding hydrogens is 301 g/mol. The van der Waals surface area contributed by atoms with Crippen LogP contribution in [0.1, 0.15) is 6.92 Å². The molecule has 0 aliphatic carbocycles. The van der Waals surface area contributed by atoms with E-state index in [2.05, 4.69) is 10.3 Å². The topological polar surface area (TPSA) is 68.1 Å². The molecule has 0 atom stereocenters. The molecule has 0 spiro atoms. The molecule has 0 unspecified atom stereocenters. The quantitative estimate of drug-likeness (QED) is 0.671. The zero-order chi connectivity index (χ0) is 14.7. The maximum absolute atomic E-state index is 11.0. The van der Waals surface area contributed by atoms with Gasteiger partial charge >= 0.3 is 0 Å². The van der Waals surface area contributed by atoms with Gasteiger partial charge in [0.05, 0.1) is 21.7 Å². The second-order valence-corrected chi connectivity index (χ2v) is 4.85. The molecule has 0 fully saturated rings. The fourth-order valence-corrected chi connectivity index (χ4v) is 2.11. The molecule has 0 radical (unpaired) electrons. The third-order valence-electron chi connectivity index (χ3n) is 2.58. The summed E-state index contributed by atoms with van der Waals surface area (Å²) >= 11 is 12.0. The number of aromatic nitrogens is 1. The van der Waals surface area contributed by atoms with E-state index in [1.807, 2.05) is 6.92 Å². The van der Waals surface area contributed by atoms with Crippen molar-refractivity contribution in [2.45, 2.75) is 6.92 Å². The summed E-state index contributed by atoms with van der Waals surface area (Å²) in [5.74, 6) is 0.424. The Kier molecular flexibility index (Phi) is 4.42. The molecule has 0 saturated heterocycles. The molecule has 0 saturated carbocycles. The molecular formula is C13H11Cl2N3O2. The molecule has 104 valence electrons. The number of anilines is 1. The highest BCUT2D eigenvalue weighted by Gasteiger charge is 2.14. The van der Waals surface area contributed by atoms with Gasteiger partial charge in [0.1, 0.15) is 5.82 Å². The van der Waals surface area contributed by atoms with E-state index in [-0.39, 0.29) is 5.69 Å². The number of nitrogens with one attached hydrogen (secondary N) is 1. The SMILES string of the molecule is CCNc1cc([N+](=O)[O-])cc(-c2cc(Cl)ccc2Cl)n1. The van der Waals surface area contributed by atoms with Gasteiger partial charge in [0.25, 0.3) is 5.69 Å². The Balaban J connectivity index is 2.60. The zero-order valence-corrected chi connectivity index (χ0v) is 12.1. The summed E-state index contributed by atoms with van der Waals surface area (Å²) in [5.41, 5.74) is 0.909. The Hall–Kier alpha value is -1.85. The van der Waals surface area contributed by atoms with Gasteiger partial charge in [-0.05, 0) is 25.1 Å². The highest BCUT2D eigenvalue weighted by molar-refractivity contribution is 6.35. The van der Waals surface area contributed by atoms with Crippen LogP contribution in [0.4, 0.5) is 11.5 Å². The number of nitrogens with zero attached hydrogens (tertiary/aromatic N) is 2. The predicted molar refractivity (Wildman–Crippen MR) is 80.5 cm³/mol. The van der Waals surface area contributed by atoms with Crippen LogP contribution in [0, 0.1) is 10.1 Å². The lowest BCUT2D eigenvalue weighted by Gasteiger charge is -2.08. The third-order valence-corrected chi connectivity index (χ3v) is 3.15. The maximum atomic E-state index is 11.0. The van der Waals surface area contributed by atoms with Crippen molar-refractivity contribution >= 4 is 34.7 Å². The monoisotopic (exact) mass is 311 g/mol. The van der Waals surface area contributed by atoms with Crippen molar-refractivity contribution in [1.29, 1.82) is 0 Å². The molecule has 2 aromatic rings. The Morgan fingerprint density at radius 1 is 1.30 bits per heavy atom. The van der Waals surface area contributed by atoms with Crippen LogP contribution < -0.4 is 5.32 Å². The van der Waals surface area contributed by atoms with Crippen molar-refractivity contribution in [2.24, 2.45) is 0 Å². The van der Waals surface area contributed by atoms with E-state index >= 15 is 0 Å². The second kappa shape index (κ2) is 6.07. The van der Waals surface area contributed by atoms with Gasteiger partial charge in [-0.3, -0.25) is 10.1 Å². The van der Waals surface area contributed by atoms with Crippen molar-refractivity contribution < 1.29 is 4.92 Å². The first-order chi connectivity index (χ1) is 9.51. The first-order valence-corrected chi connectivity index (χ1v) is 6.62. The maximum Gasteiger partial charge on any atom is 0.275 e. The van der Waals surface area contributed by atoms with Gasteiger partial charge in [0, 0.05) is 23.2 Å². The lowest BCUT2D eigenvalue weighted by atomic mass is 10.1. The summed E-state index contributed by atoms with van der Waals surface area (Å²) in [6.45, 7) is 2.49. The molecule has 0 aliphatic rings. The van der Waals surface area contributed by atoms with E-state index in [4.69, 9.17) is 23.2 Å². The summed E-state index contributed by atoms with van der Waals surface area (Å²) in [5, 5.41) is 14.9. The van der Waals surface area contributed by atoms with Gasteiger partial charge in [0.2, 0.25) is 0 Å². The predicted octanol–water partition coefficient (Wildman–Crippen LogP) is 4.40. The first-order valence-electron chi connectivity index (χ1n) is 5.87. The molecule has 2 rings (SSSR count). The summed E-state index contributed by atoms with van der Waals surface area (Å²) in [6, 6.07) is 7.66. The fraction of sp³-hybridized carbons (Fsp3) is 0.154. The van der Waals surface area contributed by atoms with E-state index < -0.39 is 4.92 Å². The smallest absolute Gasteiger partial charge is 0.275 e. The number of pyridine rings is 1. The lowest BCUT2D eigenvalue weighted by Crippen LogP contribution is -2.01. The van der Waals surface area contributed by atoms with Crippen LogP contribution in [0.15, 0.2) is 30.3 Å². The normalized spacial score (nSPS) is 10.3. The molecule has 5 nitrogen and oxygen atoms in total. The van der Waals surface area contributed by atoms with Gasteiger partial charge in [-0.1, -0.05) is 23.2 Å². The molecule has 1 N–H and O–H groups in total. The van der Waals surface area contributed by atoms with E-state index in [1.54, 1.807) is 18.2 Å². The van der Waals surface area contributed by atoms with Gasteiger partial charge in [0.15, 0.2) is 0 Å². The number of nitro groups is 1. The highest BCUT2D eigenvalue weighted by Crippen LogP contribution is 2.32. The Morgan fingerprint density at radius 2 is 2.05 bits per heavy atom. The summed E-state index contributed by atoms with van der Waals surface area (Å²) < 4.78 is 0. The lowest BCUT2D eigenvalue weighted by molar-refractivity contribution is -0.384. The zero-order valence-electron chi connectivity index (χ0n) is 10.6. The van der Waals surface area contributed by atoms with Crippen LogP contribution in [0.2, 0.25) is 10.0 Å². The van der Waals surface area contributed by atoms with E-state index in [9.17, 15) is 10.1 Å². The van der Waals surface area contributed by atoms with Gasteiger partial charge in [-0.2, -0.15) is 0 Å². The second-order valence-electron chi connectivity index (χ2n) is 4.01. The average molecular weight is 312 g/mol. The summed E-state index contributed by atoms with van der Waals surface area (Å²) in [4.78, 5) is 14.8. The van der Waals surface area contributed by atoms with Crippen LogP contribution in [0.25, 0.3) is 11.3 Å². The van der Waals surface area contributed by atoms with Crippen LogP contribution >= 0.6 is 23.2 Å². The first kappa shape index (κ1) is 14.6. The molecule has 1 aromatic heterocycles. The summed E-state index contributed by atoms with van der Waals surface area (Å²) in [6.07, 6.45) is 0. The van der Waals surface area contributed by atoms with Crippen LogP contribution in [-0.4, -0.2) is 16.5 Å². The van der Waals surface area contributed by atoms with E-state index in [0.29, 0.717) is 33.7 Å². The van der Waals surface area contributed by atoms with Crippen molar-refractivity contribution in [1.82, 2.24) is 4.98 Å². The number of hydrogen-bond acceptors (Lipinski definition) is 4. The Bertz CT molecular complexity index is 662. The minimum absolute atomic E-state index is 0.0537. The van der Waals surface area contributed by atoms with Crippen LogP contribution in [-0.2, 0) is 0 Å². The van der Waals surface area contributed by atoms with Crippen molar-refractivity contribution in [3.8, 4) is 11.3 Å². The van der Waals surface area contributed by atoms with Crippen molar-refractivity contribution in [3.63, 3.8) is 0 Å². The molecule has 0 amide bonds. The molecule has 0 bridgehead atoms. The van der Waals surface area contributed by atoms with Gasteiger partial charge in [-0.15, -0.1) is 0 Å². The molecule has 1 heterocycles. The molecule has 1 aromatic carbocycles. The largest absolute Gasteiger partial charge is 0.370 e. The van der Waals surface area contributed by atoms with E-state index in [0.717, 1.165) is 0 Å².